The summed E-state index contributed by atoms with van der Waals surface area (Å²) in [7, 11) is 0. The predicted octanol–water partition coefficient (Wildman–Crippen LogP) is 0.578. The fraction of sp³-hybridized carbons (Fsp3) is 0.565. The van der Waals surface area contributed by atoms with Gasteiger partial charge in [-0.1, -0.05) is 44.2 Å². The van der Waals surface area contributed by atoms with Crippen molar-refractivity contribution >= 4 is 36.3 Å². The molecule has 0 spiro atoms. The second-order valence-corrected chi connectivity index (χ2v) is 9.12. The molecule has 1 aromatic rings. The molecule has 10 heteroatoms. The van der Waals surface area contributed by atoms with Gasteiger partial charge in [0.2, 0.25) is 17.7 Å². The van der Waals surface area contributed by atoms with E-state index in [1.807, 2.05) is 44.2 Å². The maximum absolute atomic E-state index is 13.1. The van der Waals surface area contributed by atoms with Crippen LogP contribution in [0.4, 0.5) is 0 Å². The molecule has 4 atom stereocenters. The van der Waals surface area contributed by atoms with Crippen molar-refractivity contribution in [3.05, 3.63) is 35.9 Å². The Morgan fingerprint density at radius 3 is 2.39 bits per heavy atom. The van der Waals surface area contributed by atoms with Crippen LogP contribution in [0.2, 0.25) is 0 Å². The van der Waals surface area contributed by atoms with Crippen molar-refractivity contribution in [3.63, 3.8) is 0 Å². The number of amides is 3. The molecule has 1 fully saturated rings. The van der Waals surface area contributed by atoms with Crippen LogP contribution < -0.4 is 16.4 Å². The molecule has 33 heavy (non-hydrogen) atoms. The Kier molecular flexibility index (Phi) is 10.2. The topological polar surface area (TPSA) is 142 Å². The number of aliphatic carboxylic acids is 1. The lowest BCUT2D eigenvalue weighted by Crippen LogP contribution is -2.57. The lowest BCUT2D eigenvalue weighted by Gasteiger charge is -2.28. The largest absolute Gasteiger partial charge is 0.480 e. The fourth-order valence-electron chi connectivity index (χ4n) is 3.89. The molecule has 1 heterocycles. The average Bonchev–Trinajstić information content (AvgIpc) is 3.27. The van der Waals surface area contributed by atoms with Gasteiger partial charge >= 0.3 is 5.97 Å². The van der Waals surface area contributed by atoms with Crippen LogP contribution in [0.3, 0.4) is 0 Å². The summed E-state index contributed by atoms with van der Waals surface area (Å²) in [5.41, 5.74) is 6.62. The molecule has 3 amide bonds. The Labute approximate surface area is 199 Å². The van der Waals surface area contributed by atoms with Crippen LogP contribution >= 0.6 is 12.6 Å². The molecule has 0 radical (unpaired) electrons. The van der Waals surface area contributed by atoms with E-state index in [0.29, 0.717) is 19.4 Å². The number of carboxylic acids is 1. The molecule has 0 aliphatic carbocycles. The quantitative estimate of drug-likeness (QED) is 0.295. The van der Waals surface area contributed by atoms with Gasteiger partial charge in [-0.2, -0.15) is 12.6 Å². The number of carboxylic acid groups (broad SMARTS) is 1. The minimum atomic E-state index is -1.13. The number of nitrogens with two attached hydrogens (primary N) is 1. The Hall–Kier alpha value is -2.59. The van der Waals surface area contributed by atoms with Gasteiger partial charge in [-0.15, -0.1) is 0 Å². The highest BCUT2D eigenvalue weighted by atomic mass is 32.1. The Morgan fingerprint density at radius 1 is 1.15 bits per heavy atom. The van der Waals surface area contributed by atoms with Crippen molar-refractivity contribution in [1.29, 1.82) is 0 Å². The molecule has 182 valence electrons. The number of benzene rings is 1. The highest BCUT2D eigenvalue weighted by Crippen LogP contribution is 2.19. The molecule has 2 rings (SSSR count). The number of hydrogen-bond donors (Lipinski definition) is 5. The average molecular weight is 479 g/mol. The molecule has 0 bridgehead atoms. The third-order valence-electron chi connectivity index (χ3n) is 5.59. The summed E-state index contributed by atoms with van der Waals surface area (Å²) < 4.78 is 0. The summed E-state index contributed by atoms with van der Waals surface area (Å²) in [5.74, 6) is -2.30. The predicted molar refractivity (Wildman–Crippen MR) is 128 cm³/mol. The van der Waals surface area contributed by atoms with E-state index in [0.717, 1.165) is 5.56 Å². The molecule has 4 unspecified atom stereocenters. The van der Waals surface area contributed by atoms with Gasteiger partial charge in [0, 0.05) is 18.7 Å². The molecule has 0 saturated carbocycles. The first-order chi connectivity index (χ1) is 15.6. The number of likely N-dealkylation sites (tertiary alicyclic amines) is 1. The van der Waals surface area contributed by atoms with Gasteiger partial charge in [-0.05, 0) is 30.7 Å². The highest BCUT2D eigenvalue weighted by molar-refractivity contribution is 7.80. The molecular formula is C23H34N4O5S. The Morgan fingerprint density at radius 2 is 1.82 bits per heavy atom. The fourth-order valence-corrected chi connectivity index (χ4v) is 4.04. The second-order valence-electron chi connectivity index (χ2n) is 8.76. The minimum Gasteiger partial charge on any atom is -0.480 e. The third-order valence-corrected chi connectivity index (χ3v) is 5.98. The van der Waals surface area contributed by atoms with Gasteiger partial charge in [0.15, 0.2) is 0 Å². The number of nitrogens with zero attached hydrogens (tertiary/aromatic N) is 1. The van der Waals surface area contributed by atoms with Gasteiger partial charge in [-0.3, -0.25) is 14.4 Å². The maximum Gasteiger partial charge on any atom is 0.326 e. The van der Waals surface area contributed by atoms with E-state index in [2.05, 4.69) is 23.3 Å². The van der Waals surface area contributed by atoms with E-state index < -0.39 is 42.0 Å². The first kappa shape index (κ1) is 26.7. The summed E-state index contributed by atoms with van der Waals surface area (Å²) in [6.45, 7) is 4.14. The SMILES string of the molecule is CC(C)CC(NC(=O)C(Cc1ccccc1)NC(=O)C1CCCN1C(=O)C(N)CS)C(=O)O. The van der Waals surface area contributed by atoms with Crippen LogP contribution in [0.15, 0.2) is 30.3 Å². The summed E-state index contributed by atoms with van der Waals surface area (Å²) >= 11 is 4.06. The van der Waals surface area contributed by atoms with Crippen LogP contribution in [0.1, 0.15) is 38.7 Å². The summed E-state index contributed by atoms with van der Waals surface area (Å²) in [4.78, 5) is 51.8. The Bertz CT molecular complexity index is 835. The van der Waals surface area contributed by atoms with Crippen LogP contribution in [-0.4, -0.2) is 70.2 Å². The molecule has 1 aromatic carbocycles. The lowest BCUT2D eigenvalue weighted by atomic mass is 10.0. The lowest BCUT2D eigenvalue weighted by molar-refractivity contribution is -0.143. The first-order valence-electron chi connectivity index (χ1n) is 11.2. The second kappa shape index (κ2) is 12.6. The van der Waals surface area contributed by atoms with E-state index in [4.69, 9.17) is 5.73 Å². The van der Waals surface area contributed by atoms with Crippen molar-refractivity contribution in [2.45, 2.75) is 63.7 Å². The normalized spacial score (nSPS) is 18.5. The monoisotopic (exact) mass is 478 g/mol. The number of carbonyl (C=O) groups is 4. The Balaban J connectivity index is 2.19. The van der Waals surface area contributed by atoms with Gasteiger partial charge in [0.05, 0.1) is 6.04 Å². The first-order valence-corrected chi connectivity index (χ1v) is 11.8. The zero-order chi connectivity index (χ0) is 24.5. The maximum atomic E-state index is 13.1. The van der Waals surface area contributed by atoms with Crippen LogP contribution in [0, 0.1) is 5.92 Å². The van der Waals surface area contributed by atoms with Gasteiger partial charge < -0.3 is 26.4 Å². The van der Waals surface area contributed by atoms with Gasteiger partial charge in [0.1, 0.15) is 18.1 Å². The molecule has 9 nitrogen and oxygen atoms in total. The van der Waals surface area contributed by atoms with Crippen molar-refractivity contribution in [1.82, 2.24) is 15.5 Å². The molecule has 1 aliphatic heterocycles. The summed E-state index contributed by atoms with van der Waals surface area (Å²) in [5, 5.41) is 14.8. The molecular weight excluding hydrogens is 444 g/mol. The van der Waals surface area contributed by atoms with E-state index in [1.165, 1.54) is 4.90 Å². The smallest absolute Gasteiger partial charge is 0.326 e. The highest BCUT2D eigenvalue weighted by Gasteiger charge is 2.37. The van der Waals surface area contributed by atoms with E-state index in [-0.39, 0.29) is 30.4 Å². The van der Waals surface area contributed by atoms with Crippen LogP contribution in [0.25, 0.3) is 0 Å². The van der Waals surface area contributed by atoms with Crippen molar-refractivity contribution in [2.75, 3.05) is 12.3 Å². The molecule has 1 saturated heterocycles. The number of carbonyl (C=O) groups excluding carboxylic acids is 3. The molecule has 5 N–H and O–H groups in total. The molecule has 0 aromatic heterocycles. The van der Waals surface area contributed by atoms with Crippen LogP contribution in [-0.2, 0) is 25.6 Å². The van der Waals surface area contributed by atoms with Gasteiger partial charge in [-0.25, -0.2) is 4.79 Å². The number of thiol groups is 1. The van der Waals surface area contributed by atoms with Crippen molar-refractivity contribution in [3.8, 4) is 0 Å². The van der Waals surface area contributed by atoms with Gasteiger partial charge in [0.25, 0.3) is 0 Å². The zero-order valence-corrected chi connectivity index (χ0v) is 20.0. The van der Waals surface area contributed by atoms with Crippen molar-refractivity contribution < 1.29 is 24.3 Å². The minimum absolute atomic E-state index is 0.0580. The standard InChI is InChI=1S/C23H34N4O5S/c1-14(2)11-18(23(31)32)26-20(28)17(12-15-7-4-3-5-8-15)25-21(29)19-9-6-10-27(19)22(30)16(24)13-33/h3-5,7-8,14,16-19,33H,6,9-13,24H2,1-2H3,(H,25,29)(H,26,28)(H,31,32). The van der Waals surface area contributed by atoms with E-state index >= 15 is 0 Å². The van der Waals surface area contributed by atoms with Crippen molar-refractivity contribution in [2.24, 2.45) is 11.7 Å². The number of nitrogens with one attached hydrogen (secondary N) is 2. The summed E-state index contributed by atoms with van der Waals surface area (Å²) in [6, 6.07) is 5.53. The number of hydrogen-bond acceptors (Lipinski definition) is 6. The number of rotatable bonds is 11. The molecule has 1 aliphatic rings. The summed E-state index contributed by atoms with van der Waals surface area (Å²) in [6.07, 6.45) is 1.55. The zero-order valence-electron chi connectivity index (χ0n) is 19.1. The van der Waals surface area contributed by atoms with E-state index in [1.54, 1.807) is 0 Å². The van der Waals surface area contributed by atoms with Crippen LogP contribution in [0.5, 0.6) is 0 Å². The third kappa shape index (κ3) is 7.75. The van der Waals surface area contributed by atoms with E-state index in [9.17, 15) is 24.3 Å².